The van der Waals surface area contributed by atoms with E-state index in [1.54, 1.807) is 23.9 Å². The summed E-state index contributed by atoms with van der Waals surface area (Å²) in [5.74, 6) is 0.154. The number of thioether (sulfide) groups is 1. The van der Waals surface area contributed by atoms with Gasteiger partial charge in [0.05, 0.1) is 17.1 Å². The average Bonchev–Trinajstić information content (AvgIpc) is 2.69. The molecule has 3 aromatic rings. The van der Waals surface area contributed by atoms with Gasteiger partial charge in [-0.15, -0.1) is 11.8 Å². The number of nitrogens with one attached hydrogen (secondary N) is 2. The van der Waals surface area contributed by atoms with E-state index in [-0.39, 0.29) is 11.8 Å². The van der Waals surface area contributed by atoms with Gasteiger partial charge in [-0.25, -0.2) is 0 Å². The second-order valence-electron chi connectivity index (χ2n) is 5.91. The van der Waals surface area contributed by atoms with E-state index in [1.807, 2.05) is 60.7 Å². The number of carbonyl (C=O) groups excluding carboxylic acids is 2. The lowest BCUT2D eigenvalue weighted by atomic mass is 10.1. The van der Waals surface area contributed by atoms with Gasteiger partial charge in [0, 0.05) is 20.2 Å². The van der Waals surface area contributed by atoms with Crippen LogP contribution < -0.4 is 10.6 Å². The summed E-state index contributed by atoms with van der Waals surface area (Å²) in [4.78, 5) is 27.4. The normalized spacial score (nSPS) is 12.8. The first-order valence-electron chi connectivity index (χ1n) is 8.39. The van der Waals surface area contributed by atoms with Crippen molar-refractivity contribution in [2.45, 2.75) is 14.7 Å². The summed E-state index contributed by atoms with van der Waals surface area (Å²) < 4.78 is 0. The smallest absolute Gasteiger partial charge is 0.255 e. The zero-order valence-corrected chi connectivity index (χ0v) is 15.9. The van der Waals surface area contributed by atoms with Gasteiger partial charge in [-0.05, 0) is 42.5 Å². The van der Waals surface area contributed by atoms with Gasteiger partial charge in [0.2, 0.25) is 5.91 Å². The van der Waals surface area contributed by atoms with Gasteiger partial charge in [0.15, 0.2) is 0 Å². The molecule has 2 N–H and O–H groups in total. The second-order valence-corrected chi connectivity index (χ2v) is 8.05. The Morgan fingerprint density at radius 3 is 2.63 bits per heavy atom. The largest absolute Gasteiger partial charge is 0.324 e. The quantitative estimate of drug-likeness (QED) is 0.646. The van der Waals surface area contributed by atoms with Crippen LogP contribution in [0.25, 0.3) is 0 Å². The molecule has 0 saturated carbocycles. The highest BCUT2D eigenvalue weighted by molar-refractivity contribution is 8.00. The summed E-state index contributed by atoms with van der Waals surface area (Å²) in [6.07, 6.45) is 0. The zero-order chi connectivity index (χ0) is 18.6. The lowest BCUT2D eigenvalue weighted by molar-refractivity contribution is -0.113. The zero-order valence-electron chi connectivity index (χ0n) is 14.3. The Hall–Kier alpha value is -2.70. The third-order valence-electron chi connectivity index (χ3n) is 3.98. The second kappa shape index (κ2) is 7.90. The number of carbonyl (C=O) groups is 2. The van der Waals surface area contributed by atoms with Crippen molar-refractivity contribution < 1.29 is 9.59 Å². The molecule has 0 radical (unpaired) electrons. The van der Waals surface area contributed by atoms with Crippen LogP contribution in [0.2, 0.25) is 0 Å². The number of hydrogen-bond donors (Lipinski definition) is 2. The highest BCUT2D eigenvalue weighted by atomic mass is 32.2. The molecule has 1 heterocycles. The standard InChI is InChI=1S/C21H16N2O2S2/c24-20-13-26-18-11-10-14(12-17(18)22-20)21(25)23-16-8-4-5-9-19(16)27-15-6-2-1-3-7-15/h1-12H,13H2,(H,22,24)(H,23,25). The highest BCUT2D eigenvalue weighted by Crippen LogP contribution is 2.34. The molecule has 134 valence electrons. The van der Waals surface area contributed by atoms with Gasteiger partial charge in [0.1, 0.15) is 0 Å². The summed E-state index contributed by atoms with van der Waals surface area (Å²) in [6, 6.07) is 23.1. The number of rotatable bonds is 4. The molecule has 0 atom stereocenters. The van der Waals surface area contributed by atoms with Gasteiger partial charge in [-0.1, -0.05) is 42.1 Å². The molecule has 2 amide bonds. The molecular formula is C21H16N2O2S2. The Kier molecular flexibility index (Phi) is 5.18. The van der Waals surface area contributed by atoms with E-state index in [4.69, 9.17) is 0 Å². The molecule has 3 aromatic carbocycles. The highest BCUT2D eigenvalue weighted by Gasteiger charge is 2.18. The molecule has 0 spiro atoms. The van der Waals surface area contributed by atoms with Gasteiger partial charge in [-0.2, -0.15) is 0 Å². The number of fused-ring (bicyclic) bond motifs is 1. The fourth-order valence-electron chi connectivity index (χ4n) is 2.69. The summed E-state index contributed by atoms with van der Waals surface area (Å²) in [5.41, 5.74) is 1.96. The van der Waals surface area contributed by atoms with E-state index < -0.39 is 0 Å². The number of para-hydroxylation sites is 1. The average molecular weight is 393 g/mol. The Labute approximate surface area is 165 Å². The van der Waals surface area contributed by atoms with E-state index >= 15 is 0 Å². The maximum absolute atomic E-state index is 12.7. The van der Waals surface area contributed by atoms with Crippen molar-refractivity contribution in [3.05, 3.63) is 78.4 Å². The summed E-state index contributed by atoms with van der Waals surface area (Å²) in [6.45, 7) is 0. The number of hydrogen-bond acceptors (Lipinski definition) is 4. The lowest BCUT2D eigenvalue weighted by Crippen LogP contribution is -2.20. The maximum Gasteiger partial charge on any atom is 0.255 e. The van der Waals surface area contributed by atoms with Crippen LogP contribution in [0.3, 0.4) is 0 Å². The van der Waals surface area contributed by atoms with Crippen molar-refractivity contribution in [1.82, 2.24) is 0 Å². The first-order valence-corrected chi connectivity index (χ1v) is 10.2. The Bertz CT molecular complexity index is 1010. The molecule has 0 aliphatic carbocycles. The molecular weight excluding hydrogens is 376 g/mol. The minimum absolute atomic E-state index is 0.0466. The van der Waals surface area contributed by atoms with Crippen molar-refractivity contribution in [1.29, 1.82) is 0 Å². The molecule has 1 aliphatic rings. The van der Waals surface area contributed by atoms with Crippen molar-refractivity contribution >= 4 is 46.7 Å². The topological polar surface area (TPSA) is 58.2 Å². The van der Waals surface area contributed by atoms with E-state index in [0.717, 1.165) is 20.4 Å². The third-order valence-corrected chi connectivity index (χ3v) is 6.14. The van der Waals surface area contributed by atoms with Gasteiger partial charge < -0.3 is 10.6 Å². The van der Waals surface area contributed by atoms with Crippen molar-refractivity contribution in [3.63, 3.8) is 0 Å². The molecule has 1 aliphatic heterocycles. The van der Waals surface area contributed by atoms with E-state index in [9.17, 15) is 9.59 Å². The van der Waals surface area contributed by atoms with Crippen LogP contribution in [0.5, 0.6) is 0 Å². The minimum atomic E-state index is -0.205. The van der Waals surface area contributed by atoms with Gasteiger partial charge >= 0.3 is 0 Å². The van der Waals surface area contributed by atoms with Crippen LogP contribution in [0.1, 0.15) is 10.4 Å². The van der Waals surface area contributed by atoms with Crippen LogP contribution in [-0.4, -0.2) is 17.6 Å². The summed E-state index contributed by atoms with van der Waals surface area (Å²) >= 11 is 3.08. The van der Waals surface area contributed by atoms with E-state index in [1.165, 1.54) is 11.8 Å². The molecule has 0 saturated heterocycles. The van der Waals surface area contributed by atoms with Crippen LogP contribution in [0.15, 0.2) is 87.5 Å². The Balaban J connectivity index is 1.55. The third kappa shape index (κ3) is 4.18. The Morgan fingerprint density at radius 1 is 1.00 bits per heavy atom. The molecule has 4 rings (SSSR count). The Morgan fingerprint density at radius 2 is 1.78 bits per heavy atom. The minimum Gasteiger partial charge on any atom is -0.324 e. The lowest BCUT2D eigenvalue weighted by Gasteiger charge is -2.17. The molecule has 0 fully saturated rings. The van der Waals surface area contributed by atoms with Crippen molar-refractivity contribution in [3.8, 4) is 0 Å². The molecule has 0 unspecified atom stereocenters. The van der Waals surface area contributed by atoms with Crippen molar-refractivity contribution in [2.75, 3.05) is 16.4 Å². The molecule has 0 bridgehead atoms. The van der Waals surface area contributed by atoms with E-state index in [0.29, 0.717) is 17.0 Å². The maximum atomic E-state index is 12.7. The SMILES string of the molecule is O=C1CSc2ccc(C(=O)Nc3ccccc3Sc3ccccc3)cc2N1. The predicted molar refractivity (Wildman–Crippen MR) is 111 cm³/mol. The fraction of sp³-hybridized carbons (Fsp3) is 0.0476. The summed E-state index contributed by atoms with van der Waals surface area (Å²) in [5, 5.41) is 5.80. The first kappa shape index (κ1) is 17.7. The van der Waals surface area contributed by atoms with Crippen LogP contribution in [0, 0.1) is 0 Å². The molecule has 6 heteroatoms. The van der Waals surface area contributed by atoms with Crippen LogP contribution in [0.4, 0.5) is 11.4 Å². The van der Waals surface area contributed by atoms with Crippen molar-refractivity contribution in [2.24, 2.45) is 0 Å². The first-order chi connectivity index (χ1) is 13.2. The molecule has 27 heavy (non-hydrogen) atoms. The van der Waals surface area contributed by atoms with Crippen LogP contribution >= 0.6 is 23.5 Å². The predicted octanol–water partition coefficient (Wildman–Crippen LogP) is 5.13. The van der Waals surface area contributed by atoms with Crippen LogP contribution in [-0.2, 0) is 4.79 Å². The fourth-order valence-corrected chi connectivity index (χ4v) is 4.40. The number of benzene rings is 3. The summed E-state index contributed by atoms with van der Waals surface area (Å²) in [7, 11) is 0. The van der Waals surface area contributed by atoms with Gasteiger partial charge in [-0.3, -0.25) is 9.59 Å². The monoisotopic (exact) mass is 392 g/mol. The van der Waals surface area contributed by atoms with Gasteiger partial charge in [0.25, 0.3) is 5.91 Å². The van der Waals surface area contributed by atoms with E-state index in [2.05, 4.69) is 10.6 Å². The number of amides is 2. The molecule has 4 nitrogen and oxygen atoms in total. The molecule has 0 aromatic heterocycles. The number of anilines is 2.